The first kappa shape index (κ1) is 16.6. The Morgan fingerprint density at radius 3 is 2.50 bits per heavy atom. The average molecular weight is 369 g/mol. The smallest absolute Gasteiger partial charge is 0.251 e. The van der Waals surface area contributed by atoms with Gasteiger partial charge in [0, 0.05) is 17.5 Å². The molecule has 4 aliphatic rings. The Morgan fingerprint density at radius 1 is 1.19 bits per heavy atom. The maximum Gasteiger partial charge on any atom is 0.251 e. The van der Waals surface area contributed by atoms with Crippen molar-refractivity contribution in [3.8, 4) is 0 Å². The lowest BCUT2D eigenvalue weighted by atomic mass is 9.49. The highest BCUT2D eigenvalue weighted by atomic mass is 35.5. The van der Waals surface area contributed by atoms with Crippen LogP contribution in [0.5, 0.6) is 0 Å². The highest BCUT2D eigenvalue weighted by Crippen LogP contribution is 2.59. The number of carbonyl (C=O) groups excluding carboxylic acids is 1. The summed E-state index contributed by atoms with van der Waals surface area (Å²) in [7, 11) is 0. The topological polar surface area (TPSA) is 42.0 Å². The fraction of sp³-hybridized carbons (Fsp3) is 0.545. The Balaban J connectivity index is 1.38. The van der Waals surface area contributed by atoms with Crippen LogP contribution in [0.1, 0.15) is 54.6 Å². The first-order valence-corrected chi connectivity index (χ1v) is 10.2. The van der Waals surface area contributed by atoms with Crippen LogP contribution in [-0.2, 0) is 0 Å². The highest BCUT2D eigenvalue weighted by Gasteiger charge is 2.50. The van der Waals surface area contributed by atoms with Gasteiger partial charge in [-0.15, -0.1) is 0 Å². The van der Waals surface area contributed by atoms with Gasteiger partial charge in [-0.05, 0) is 86.8 Å². The van der Waals surface area contributed by atoms with Gasteiger partial charge in [0.15, 0.2) is 0 Å². The third kappa shape index (κ3) is 2.72. The minimum absolute atomic E-state index is 0.00747. The summed E-state index contributed by atoms with van der Waals surface area (Å²) in [6.07, 6.45) is 8.21. The number of aromatic nitrogens is 1. The number of nitrogens with one attached hydrogen (secondary N) is 1. The Labute approximate surface area is 159 Å². The van der Waals surface area contributed by atoms with Gasteiger partial charge in [0.05, 0.1) is 16.2 Å². The number of fused-ring (bicyclic) bond motifs is 1. The summed E-state index contributed by atoms with van der Waals surface area (Å²) in [5.74, 6) is 2.72. The summed E-state index contributed by atoms with van der Waals surface area (Å²) < 4.78 is 0. The summed E-state index contributed by atoms with van der Waals surface area (Å²) in [6, 6.07) is 7.60. The number of benzene rings is 1. The number of hydrogen-bond acceptors (Lipinski definition) is 2. The van der Waals surface area contributed by atoms with Crippen LogP contribution in [0.4, 0.5) is 0 Å². The second-order valence-corrected chi connectivity index (χ2v) is 9.44. The number of hydrogen-bond donors (Lipinski definition) is 1. The normalized spacial score (nSPS) is 32.2. The van der Waals surface area contributed by atoms with Crippen LogP contribution in [-0.4, -0.2) is 17.4 Å². The Hall–Kier alpha value is -1.61. The van der Waals surface area contributed by atoms with Crippen molar-refractivity contribution in [3.63, 3.8) is 0 Å². The molecule has 1 aromatic heterocycles. The second kappa shape index (κ2) is 5.95. The SMILES string of the molecule is Cc1nc2cccc(C(=O)NCC34CC5CC(CC(C5)C3)C4)c2cc1Cl. The Bertz CT molecular complexity index is 856. The zero-order valence-corrected chi connectivity index (χ0v) is 16.0. The lowest BCUT2D eigenvalue weighted by Gasteiger charge is -2.56. The molecule has 4 fully saturated rings. The molecule has 2 aromatic rings. The van der Waals surface area contributed by atoms with Gasteiger partial charge in [0.2, 0.25) is 0 Å². The van der Waals surface area contributed by atoms with E-state index in [0.717, 1.165) is 40.9 Å². The quantitative estimate of drug-likeness (QED) is 0.814. The first-order chi connectivity index (χ1) is 12.5. The predicted molar refractivity (Wildman–Crippen MR) is 104 cm³/mol. The van der Waals surface area contributed by atoms with Gasteiger partial charge in [-0.2, -0.15) is 0 Å². The monoisotopic (exact) mass is 368 g/mol. The molecule has 1 amide bonds. The number of carbonyl (C=O) groups is 1. The zero-order chi connectivity index (χ0) is 17.9. The molecule has 26 heavy (non-hydrogen) atoms. The van der Waals surface area contributed by atoms with E-state index in [9.17, 15) is 4.79 Å². The van der Waals surface area contributed by atoms with E-state index in [1.807, 2.05) is 31.2 Å². The first-order valence-electron chi connectivity index (χ1n) is 9.85. The molecule has 0 spiro atoms. The van der Waals surface area contributed by atoms with Crippen molar-refractivity contribution in [1.82, 2.24) is 10.3 Å². The number of rotatable bonds is 3. The molecule has 4 aliphatic carbocycles. The molecule has 0 saturated heterocycles. The molecule has 4 bridgehead atoms. The van der Waals surface area contributed by atoms with Crippen molar-refractivity contribution >= 4 is 28.4 Å². The van der Waals surface area contributed by atoms with E-state index in [-0.39, 0.29) is 5.91 Å². The van der Waals surface area contributed by atoms with Crippen molar-refractivity contribution in [1.29, 1.82) is 0 Å². The summed E-state index contributed by atoms with van der Waals surface area (Å²) in [4.78, 5) is 17.5. The molecule has 1 aromatic carbocycles. The van der Waals surface area contributed by atoms with Gasteiger partial charge < -0.3 is 5.32 Å². The molecule has 4 heteroatoms. The van der Waals surface area contributed by atoms with Gasteiger partial charge >= 0.3 is 0 Å². The van der Waals surface area contributed by atoms with Crippen LogP contribution < -0.4 is 5.32 Å². The number of amides is 1. The Morgan fingerprint density at radius 2 is 1.85 bits per heavy atom. The molecule has 0 radical (unpaired) electrons. The third-order valence-corrected chi connectivity index (χ3v) is 7.40. The van der Waals surface area contributed by atoms with Crippen LogP contribution in [0.2, 0.25) is 5.02 Å². The van der Waals surface area contributed by atoms with Crippen molar-refractivity contribution < 1.29 is 4.79 Å². The second-order valence-electron chi connectivity index (χ2n) is 9.03. The van der Waals surface area contributed by atoms with Gasteiger partial charge in [0.25, 0.3) is 5.91 Å². The largest absolute Gasteiger partial charge is 0.351 e. The fourth-order valence-electron chi connectivity index (χ4n) is 6.33. The Kier molecular flexibility index (Phi) is 3.79. The molecule has 0 unspecified atom stereocenters. The van der Waals surface area contributed by atoms with Crippen molar-refractivity contribution in [2.45, 2.75) is 45.4 Å². The van der Waals surface area contributed by atoms with E-state index in [2.05, 4.69) is 10.3 Å². The lowest BCUT2D eigenvalue weighted by molar-refractivity contribution is -0.0503. The van der Waals surface area contributed by atoms with Crippen LogP contribution in [0.25, 0.3) is 10.9 Å². The molecular formula is C22H25ClN2O. The molecule has 1 heterocycles. The number of halogens is 1. The zero-order valence-electron chi connectivity index (χ0n) is 15.2. The molecule has 1 N–H and O–H groups in total. The minimum atomic E-state index is 0.00747. The predicted octanol–water partition coefficient (Wildman–Crippen LogP) is 5.14. The maximum atomic E-state index is 13.0. The van der Waals surface area contributed by atoms with E-state index in [1.165, 1.54) is 38.5 Å². The van der Waals surface area contributed by atoms with Gasteiger partial charge in [-0.1, -0.05) is 17.7 Å². The summed E-state index contributed by atoms with van der Waals surface area (Å²) in [5, 5.41) is 4.72. The van der Waals surface area contributed by atoms with Crippen LogP contribution in [0.15, 0.2) is 24.3 Å². The molecule has 136 valence electrons. The lowest BCUT2D eigenvalue weighted by Crippen LogP contribution is -2.51. The third-order valence-electron chi connectivity index (χ3n) is 7.02. The fourth-order valence-corrected chi connectivity index (χ4v) is 6.49. The number of aryl methyl sites for hydroxylation is 1. The van der Waals surface area contributed by atoms with Crippen LogP contribution in [0.3, 0.4) is 0 Å². The summed E-state index contributed by atoms with van der Waals surface area (Å²) >= 11 is 6.26. The average Bonchev–Trinajstić information content (AvgIpc) is 2.59. The summed E-state index contributed by atoms with van der Waals surface area (Å²) in [6.45, 7) is 2.71. The van der Waals surface area contributed by atoms with Crippen LogP contribution in [0, 0.1) is 30.1 Å². The summed E-state index contributed by atoms with van der Waals surface area (Å²) in [5.41, 5.74) is 2.66. The van der Waals surface area contributed by atoms with Crippen LogP contribution >= 0.6 is 11.6 Å². The molecule has 4 saturated carbocycles. The molecule has 0 aliphatic heterocycles. The van der Waals surface area contributed by atoms with Crippen molar-refractivity contribution in [3.05, 3.63) is 40.5 Å². The van der Waals surface area contributed by atoms with E-state index < -0.39 is 0 Å². The standard InChI is InChI=1S/C22H25ClN2O/c1-13-19(23)8-18-17(3-2-4-20(18)25-13)21(26)24-12-22-9-14-5-15(10-22)7-16(6-14)11-22/h2-4,8,14-16H,5-7,9-12H2,1H3,(H,24,26). The molecular weight excluding hydrogens is 344 g/mol. The number of pyridine rings is 1. The van der Waals surface area contributed by atoms with Gasteiger partial charge in [-0.3, -0.25) is 9.78 Å². The molecule has 6 rings (SSSR count). The highest BCUT2D eigenvalue weighted by molar-refractivity contribution is 6.32. The maximum absolute atomic E-state index is 13.0. The van der Waals surface area contributed by atoms with Gasteiger partial charge in [-0.25, -0.2) is 0 Å². The van der Waals surface area contributed by atoms with E-state index in [0.29, 0.717) is 16.0 Å². The van der Waals surface area contributed by atoms with E-state index in [4.69, 9.17) is 11.6 Å². The van der Waals surface area contributed by atoms with E-state index >= 15 is 0 Å². The molecule has 3 nitrogen and oxygen atoms in total. The van der Waals surface area contributed by atoms with Crippen molar-refractivity contribution in [2.75, 3.05) is 6.54 Å². The minimum Gasteiger partial charge on any atom is -0.351 e. The number of nitrogens with zero attached hydrogens (tertiary/aromatic N) is 1. The van der Waals surface area contributed by atoms with Gasteiger partial charge in [0.1, 0.15) is 0 Å². The van der Waals surface area contributed by atoms with Crippen molar-refractivity contribution in [2.24, 2.45) is 23.2 Å². The van der Waals surface area contributed by atoms with E-state index in [1.54, 1.807) is 0 Å². The molecule has 0 atom stereocenters.